The highest BCUT2D eigenvalue weighted by molar-refractivity contribution is 5.76. The van der Waals surface area contributed by atoms with E-state index >= 15 is 0 Å². The van der Waals surface area contributed by atoms with Crippen molar-refractivity contribution in [2.75, 3.05) is 6.54 Å². The maximum Gasteiger partial charge on any atom is 0.254 e. The van der Waals surface area contributed by atoms with E-state index in [1.54, 1.807) is 6.07 Å². The molecule has 0 bridgehead atoms. The molecule has 3 heterocycles. The van der Waals surface area contributed by atoms with Gasteiger partial charge in [0.05, 0.1) is 11.8 Å². The summed E-state index contributed by atoms with van der Waals surface area (Å²) in [5.74, 6) is 2.20. The van der Waals surface area contributed by atoms with Gasteiger partial charge >= 0.3 is 0 Å². The van der Waals surface area contributed by atoms with E-state index in [0.717, 1.165) is 43.6 Å². The SMILES string of the molecule is Cc1cc2nccc(C3CCC(CNC(=O)CCc4cc(OC(C)C)no4)CC3)n2n1. The van der Waals surface area contributed by atoms with Crippen LogP contribution in [-0.4, -0.2) is 38.3 Å². The van der Waals surface area contributed by atoms with Gasteiger partial charge in [-0.2, -0.15) is 5.10 Å². The normalized spacial score (nSPS) is 19.1. The Bertz CT molecular complexity index is 1020. The van der Waals surface area contributed by atoms with Gasteiger partial charge < -0.3 is 14.6 Å². The predicted molar refractivity (Wildman–Crippen MR) is 116 cm³/mol. The van der Waals surface area contributed by atoms with Crippen LogP contribution < -0.4 is 10.1 Å². The fourth-order valence-electron chi connectivity index (χ4n) is 4.29. The number of ether oxygens (including phenoxy) is 1. The molecule has 1 aliphatic carbocycles. The largest absolute Gasteiger partial charge is 0.473 e. The third kappa shape index (κ3) is 5.42. The van der Waals surface area contributed by atoms with Crippen molar-refractivity contribution >= 4 is 11.6 Å². The monoisotopic (exact) mass is 425 g/mol. The summed E-state index contributed by atoms with van der Waals surface area (Å²) in [6.07, 6.45) is 7.26. The van der Waals surface area contributed by atoms with Gasteiger partial charge in [0, 0.05) is 49.3 Å². The molecule has 3 aromatic heterocycles. The number of fused-ring (bicyclic) bond motifs is 1. The molecule has 0 aliphatic heterocycles. The first-order valence-corrected chi connectivity index (χ1v) is 11.2. The minimum atomic E-state index is 0.0459. The van der Waals surface area contributed by atoms with Crippen molar-refractivity contribution in [1.29, 1.82) is 0 Å². The summed E-state index contributed by atoms with van der Waals surface area (Å²) in [6, 6.07) is 5.86. The molecule has 1 aliphatic rings. The lowest BCUT2D eigenvalue weighted by Gasteiger charge is -2.29. The fourth-order valence-corrected chi connectivity index (χ4v) is 4.29. The molecule has 0 radical (unpaired) electrons. The minimum Gasteiger partial charge on any atom is -0.473 e. The van der Waals surface area contributed by atoms with Crippen LogP contribution in [0.2, 0.25) is 0 Å². The molecule has 1 saturated carbocycles. The number of nitrogens with zero attached hydrogens (tertiary/aromatic N) is 4. The molecular weight excluding hydrogens is 394 g/mol. The summed E-state index contributed by atoms with van der Waals surface area (Å²) < 4.78 is 12.7. The molecule has 0 atom stereocenters. The van der Waals surface area contributed by atoms with Gasteiger partial charge in [-0.25, -0.2) is 9.50 Å². The van der Waals surface area contributed by atoms with E-state index < -0.39 is 0 Å². The van der Waals surface area contributed by atoms with Crippen LogP contribution in [0.3, 0.4) is 0 Å². The highest BCUT2D eigenvalue weighted by Crippen LogP contribution is 2.35. The van der Waals surface area contributed by atoms with Crippen LogP contribution in [0.5, 0.6) is 5.88 Å². The van der Waals surface area contributed by atoms with Crippen molar-refractivity contribution in [1.82, 2.24) is 25.1 Å². The lowest BCUT2D eigenvalue weighted by atomic mass is 9.80. The molecule has 8 nitrogen and oxygen atoms in total. The Kier molecular flexibility index (Phi) is 6.53. The highest BCUT2D eigenvalue weighted by Gasteiger charge is 2.25. The van der Waals surface area contributed by atoms with E-state index in [-0.39, 0.29) is 12.0 Å². The fraction of sp³-hybridized carbons (Fsp3) is 0.565. The van der Waals surface area contributed by atoms with Crippen molar-refractivity contribution in [3.63, 3.8) is 0 Å². The quantitative estimate of drug-likeness (QED) is 0.589. The molecule has 1 amide bonds. The number of aromatic nitrogens is 4. The van der Waals surface area contributed by atoms with Crippen molar-refractivity contribution in [2.45, 2.75) is 71.3 Å². The van der Waals surface area contributed by atoms with Gasteiger partial charge in [0.1, 0.15) is 5.76 Å². The first kappa shape index (κ1) is 21.3. The summed E-state index contributed by atoms with van der Waals surface area (Å²) in [5.41, 5.74) is 3.15. The maximum absolute atomic E-state index is 12.3. The van der Waals surface area contributed by atoms with Crippen LogP contribution in [0.4, 0.5) is 0 Å². The van der Waals surface area contributed by atoms with Crippen LogP contribution >= 0.6 is 0 Å². The van der Waals surface area contributed by atoms with E-state index in [1.807, 2.05) is 37.5 Å². The first-order valence-electron chi connectivity index (χ1n) is 11.2. The van der Waals surface area contributed by atoms with E-state index in [2.05, 4.69) is 26.6 Å². The molecule has 0 unspecified atom stereocenters. The summed E-state index contributed by atoms with van der Waals surface area (Å²) in [5, 5.41) is 11.6. The maximum atomic E-state index is 12.3. The van der Waals surface area contributed by atoms with Crippen LogP contribution in [-0.2, 0) is 11.2 Å². The number of hydrogen-bond acceptors (Lipinski definition) is 6. The van der Waals surface area contributed by atoms with Crippen molar-refractivity contribution in [2.24, 2.45) is 5.92 Å². The Hall–Kier alpha value is -2.90. The molecule has 4 rings (SSSR count). The Morgan fingerprint density at radius 1 is 1.29 bits per heavy atom. The number of carbonyl (C=O) groups excluding carboxylic acids is 1. The minimum absolute atomic E-state index is 0.0459. The average molecular weight is 426 g/mol. The van der Waals surface area contributed by atoms with Crippen molar-refractivity contribution in [3.05, 3.63) is 41.5 Å². The summed E-state index contributed by atoms with van der Waals surface area (Å²) in [6.45, 7) is 6.60. The number of hydrogen-bond donors (Lipinski definition) is 1. The molecule has 31 heavy (non-hydrogen) atoms. The van der Waals surface area contributed by atoms with Gasteiger partial charge in [-0.05, 0) is 63.6 Å². The topological polar surface area (TPSA) is 94.5 Å². The van der Waals surface area contributed by atoms with E-state index in [1.165, 1.54) is 5.69 Å². The number of carbonyl (C=O) groups is 1. The molecule has 166 valence electrons. The number of aryl methyl sites for hydroxylation is 2. The van der Waals surface area contributed by atoms with Gasteiger partial charge in [-0.3, -0.25) is 4.79 Å². The number of nitrogens with one attached hydrogen (secondary N) is 1. The smallest absolute Gasteiger partial charge is 0.254 e. The van der Waals surface area contributed by atoms with Gasteiger partial charge in [0.2, 0.25) is 5.91 Å². The van der Waals surface area contributed by atoms with Crippen LogP contribution in [0.1, 0.15) is 69.0 Å². The summed E-state index contributed by atoms with van der Waals surface area (Å²) >= 11 is 0. The second kappa shape index (κ2) is 9.49. The van der Waals surface area contributed by atoms with Gasteiger partial charge in [0.25, 0.3) is 5.88 Å². The Labute approximate surface area is 182 Å². The van der Waals surface area contributed by atoms with Crippen LogP contribution in [0.25, 0.3) is 5.65 Å². The highest BCUT2D eigenvalue weighted by atomic mass is 16.5. The third-order valence-electron chi connectivity index (χ3n) is 5.85. The first-order chi connectivity index (χ1) is 15.0. The molecule has 3 aromatic rings. The standard InChI is InChI=1S/C23H31N5O3/c1-15(2)30-23-13-19(31-27-23)8-9-22(29)25-14-17-4-6-18(7-5-17)20-10-11-24-21-12-16(3)26-28(20)21/h10-13,15,17-18H,4-9,14H2,1-3H3,(H,25,29). The zero-order valence-electron chi connectivity index (χ0n) is 18.5. The summed E-state index contributed by atoms with van der Waals surface area (Å²) in [7, 11) is 0. The lowest BCUT2D eigenvalue weighted by Crippen LogP contribution is -2.31. The molecule has 1 fully saturated rings. The zero-order valence-corrected chi connectivity index (χ0v) is 18.5. The second-order valence-corrected chi connectivity index (χ2v) is 8.75. The molecule has 0 spiro atoms. The lowest BCUT2D eigenvalue weighted by molar-refractivity contribution is -0.121. The predicted octanol–water partition coefficient (Wildman–Crippen LogP) is 3.84. The van der Waals surface area contributed by atoms with E-state index in [0.29, 0.717) is 36.3 Å². The average Bonchev–Trinajstić information content (AvgIpc) is 3.35. The molecule has 8 heteroatoms. The van der Waals surface area contributed by atoms with Crippen LogP contribution in [0, 0.1) is 12.8 Å². The molecule has 1 N–H and O–H groups in total. The molecule has 0 saturated heterocycles. The van der Waals surface area contributed by atoms with E-state index in [4.69, 9.17) is 9.26 Å². The Morgan fingerprint density at radius 2 is 2.10 bits per heavy atom. The van der Waals surface area contributed by atoms with E-state index in [9.17, 15) is 4.79 Å². The number of rotatable bonds is 8. The number of amides is 1. The van der Waals surface area contributed by atoms with Gasteiger partial charge in [0.15, 0.2) is 5.65 Å². The van der Waals surface area contributed by atoms with Gasteiger partial charge in [-0.1, -0.05) is 0 Å². The molecule has 0 aromatic carbocycles. The second-order valence-electron chi connectivity index (χ2n) is 8.75. The summed E-state index contributed by atoms with van der Waals surface area (Å²) in [4.78, 5) is 16.7. The molecular formula is C23H31N5O3. The van der Waals surface area contributed by atoms with Crippen LogP contribution in [0.15, 0.2) is 28.9 Å². The van der Waals surface area contributed by atoms with Gasteiger partial charge in [-0.15, -0.1) is 0 Å². The zero-order chi connectivity index (χ0) is 21.8. The Balaban J connectivity index is 1.20. The third-order valence-corrected chi connectivity index (χ3v) is 5.85. The van der Waals surface area contributed by atoms with Crippen molar-refractivity contribution < 1.29 is 14.1 Å². The van der Waals surface area contributed by atoms with Crippen molar-refractivity contribution in [3.8, 4) is 5.88 Å². The Morgan fingerprint density at radius 3 is 2.87 bits per heavy atom.